The highest BCUT2D eigenvalue weighted by molar-refractivity contribution is 5.69. The fraction of sp³-hybridized carbons (Fsp3) is 0.588. The summed E-state index contributed by atoms with van der Waals surface area (Å²) in [5, 5.41) is 0. The molecular formula is C17H26NO2+. The Hall–Kier alpha value is -1.35. The Bertz CT molecular complexity index is 445. The van der Waals surface area contributed by atoms with Crippen LogP contribution >= 0.6 is 0 Å². The lowest BCUT2D eigenvalue weighted by Gasteiger charge is -2.47. The third-order valence-corrected chi connectivity index (χ3v) is 4.57. The Balaban J connectivity index is 2.45. The molecule has 4 atom stereocenters. The fourth-order valence-electron chi connectivity index (χ4n) is 3.71. The lowest BCUT2D eigenvalue weighted by atomic mass is 9.70. The van der Waals surface area contributed by atoms with Crippen molar-refractivity contribution in [3.8, 4) is 0 Å². The molecule has 0 radical (unpaired) electrons. The number of esters is 1. The number of piperidine rings is 1. The fourth-order valence-corrected chi connectivity index (χ4v) is 3.71. The minimum atomic E-state index is -0.478. The van der Waals surface area contributed by atoms with E-state index in [1.54, 1.807) is 0 Å². The number of likely N-dealkylation sites (tertiary alicyclic amines) is 1. The summed E-state index contributed by atoms with van der Waals surface area (Å²) in [6, 6.07) is 10.3. The number of carbonyl (C=O) groups is 1. The van der Waals surface area contributed by atoms with Gasteiger partial charge in [0, 0.05) is 18.3 Å². The van der Waals surface area contributed by atoms with Crippen LogP contribution in [0.5, 0.6) is 0 Å². The van der Waals surface area contributed by atoms with Crippen molar-refractivity contribution in [3.05, 3.63) is 35.9 Å². The van der Waals surface area contributed by atoms with Gasteiger partial charge in [-0.1, -0.05) is 51.1 Å². The molecule has 0 bridgehead atoms. The first-order valence-electron chi connectivity index (χ1n) is 7.59. The molecule has 0 amide bonds. The van der Waals surface area contributed by atoms with Gasteiger partial charge in [0.1, 0.15) is 0 Å². The first-order chi connectivity index (χ1) is 9.50. The molecule has 0 spiro atoms. The van der Waals surface area contributed by atoms with E-state index in [-0.39, 0.29) is 5.97 Å². The van der Waals surface area contributed by atoms with Crippen LogP contribution < -0.4 is 4.90 Å². The summed E-state index contributed by atoms with van der Waals surface area (Å²) in [7, 11) is 2.21. The number of hydrogen-bond donors (Lipinski definition) is 1. The van der Waals surface area contributed by atoms with Crippen LogP contribution in [0.25, 0.3) is 0 Å². The van der Waals surface area contributed by atoms with Gasteiger partial charge in [0.15, 0.2) is 5.60 Å². The van der Waals surface area contributed by atoms with Crippen LogP contribution in [-0.4, -0.2) is 26.1 Å². The average Bonchev–Trinajstić information content (AvgIpc) is 2.43. The molecule has 2 unspecified atom stereocenters. The van der Waals surface area contributed by atoms with E-state index in [1.165, 1.54) is 4.90 Å². The lowest BCUT2D eigenvalue weighted by Crippen LogP contribution is -3.12. The molecule has 1 aliphatic heterocycles. The van der Waals surface area contributed by atoms with Gasteiger partial charge in [-0.15, -0.1) is 0 Å². The van der Waals surface area contributed by atoms with Crippen LogP contribution in [-0.2, 0) is 15.1 Å². The van der Waals surface area contributed by atoms with E-state index in [2.05, 4.69) is 33.0 Å². The van der Waals surface area contributed by atoms with Crippen molar-refractivity contribution in [1.29, 1.82) is 0 Å². The summed E-state index contributed by atoms with van der Waals surface area (Å²) in [6.07, 6.45) is 0.427. The molecule has 1 aliphatic rings. The third kappa shape index (κ3) is 2.59. The summed E-state index contributed by atoms with van der Waals surface area (Å²) < 4.78 is 6.03. The van der Waals surface area contributed by atoms with E-state index in [4.69, 9.17) is 4.74 Å². The van der Waals surface area contributed by atoms with E-state index in [0.29, 0.717) is 18.3 Å². The number of quaternary nitrogens is 1. The normalized spacial score (nSPS) is 33.7. The summed E-state index contributed by atoms with van der Waals surface area (Å²) in [5.74, 6) is 0.514. The molecular weight excluding hydrogens is 250 g/mol. The van der Waals surface area contributed by atoms with E-state index < -0.39 is 5.60 Å². The average molecular weight is 276 g/mol. The number of rotatable bonds is 3. The van der Waals surface area contributed by atoms with Crippen molar-refractivity contribution in [2.75, 3.05) is 20.1 Å². The van der Waals surface area contributed by atoms with Gasteiger partial charge in [-0.05, 0) is 5.56 Å². The van der Waals surface area contributed by atoms with Crippen LogP contribution in [0.4, 0.5) is 0 Å². The van der Waals surface area contributed by atoms with Gasteiger partial charge in [-0.2, -0.15) is 0 Å². The molecule has 2 rings (SSSR count). The van der Waals surface area contributed by atoms with Crippen LogP contribution in [0.15, 0.2) is 30.3 Å². The third-order valence-electron chi connectivity index (χ3n) is 4.57. The second-order valence-electron chi connectivity index (χ2n) is 6.15. The van der Waals surface area contributed by atoms with Crippen LogP contribution in [0, 0.1) is 11.8 Å². The smallest absolute Gasteiger partial charge is 0.306 e. The van der Waals surface area contributed by atoms with Gasteiger partial charge in [0.05, 0.1) is 20.1 Å². The summed E-state index contributed by atoms with van der Waals surface area (Å²) in [6.45, 7) is 8.31. The van der Waals surface area contributed by atoms with Gasteiger partial charge in [0.25, 0.3) is 0 Å². The molecule has 0 aliphatic carbocycles. The predicted molar refractivity (Wildman–Crippen MR) is 79.5 cm³/mol. The molecule has 1 heterocycles. The second-order valence-corrected chi connectivity index (χ2v) is 6.15. The molecule has 1 saturated heterocycles. The molecule has 1 aromatic rings. The maximum absolute atomic E-state index is 12.0. The van der Waals surface area contributed by atoms with Crippen molar-refractivity contribution in [2.24, 2.45) is 11.8 Å². The number of hydrogen-bond acceptors (Lipinski definition) is 2. The van der Waals surface area contributed by atoms with E-state index in [1.807, 2.05) is 25.1 Å². The van der Waals surface area contributed by atoms with Gasteiger partial charge >= 0.3 is 5.97 Å². The maximum Gasteiger partial charge on any atom is 0.306 e. The van der Waals surface area contributed by atoms with Gasteiger partial charge < -0.3 is 9.64 Å². The number of ether oxygens (including phenoxy) is 1. The van der Waals surface area contributed by atoms with Crippen molar-refractivity contribution in [1.82, 2.24) is 0 Å². The van der Waals surface area contributed by atoms with Gasteiger partial charge in [0.2, 0.25) is 0 Å². The molecule has 110 valence electrons. The first-order valence-corrected chi connectivity index (χ1v) is 7.59. The Morgan fingerprint density at radius 1 is 1.25 bits per heavy atom. The van der Waals surface area contributed by atoms with Crippen LogP contribution in [0.2, 0.25) is 0 Å². The second kappa shape index (κ2) is 5.96. The molecule has 1 aromatic carbocycles. The number of carbonyl (C=O) groups excluding carboxylic acids is 1. The highest BCUT2D eigenvalue weighted by Crippen LogP contribution is 2.41. The molecule has 0 aromatic heterocycles. The van der Waals surface area contributed by atoms with Crippen LogP contribution in [0.1, 0.15) is 32.8 Å². The zero-order valence-corrected chi connectivity index (χ0v) is 13.0. The topological polar surface area (TPSA) is 30.7 Å². The molecule has 0 saturated carbocycles. The van der Waals surface area contributed by atoms with Crippen molar-refractivity contribution < 1.29 is 14.4 Å². The Labute approximate surface area is 121 Å². The molecule has 20 heavy (non-hydrogen) atoms. The Morgan fingerprint density at radius 2 is 1.80 bits per heavy atom. The minimum absolute atomic E-state index is 0.105. The van der Waals surface area contributed by atoms with Crippen molar-refractivity contribution in [3.63, 3.8) is 0 Å². The predicted octanol–water partition coefficient (Wildman–Crippen LogP) is 1.64. The van der Waals surface area contributed by atoms with E-state index in [9.17, 15) is 4.79 Å². The van der Waals surface area contributed by atoms with E-state index in [0.717, 1.165) is 18.7 Å². The molecule has 3 heteroatoms. The minimum Gasteiger partial charge on any atom is -0.453 e. The number of nitrogens with one attached hydrogen (secondary N) is 1. The molecule has 3 nitrogen and oxygen atoms in total. The van der Waals surface area contributed by atoms with Gasteiger partial charge in [-0.3, -0.25) is 4.79 Å². The Kier molecular flexibility index (Phi) is 4.48. The molecule has 1 N–H and O–H groups in total. The highest BCUT2D eigenvalue weighted by atomic mass is 16.6. The quantitative estimate of drug-likeness (QED) is 0.851. The van der Waals surface area contributed by atoms with Gasteiger partial charge in [-0.25, -0.2) is 0 Å². The largest absolute Gasteiger partial charge is 0.453 e. The SMILES string of the molecule is CCC(=O)OC1(c2ccccc2)[C@H](C)C[NH+](C)C[C@@H]1C. The summed E-state index contributed by atoms with van der Waals surface area (Å²) >= 11 is 0. The van der Waals surface area contributed by atoms with E-state index >= 15 is 0 Å². The number of benzene rings is 1. The highest BCUT2D eigenvalue weighted by Gasteiger charge is 2.51. The van der Waals surface area contributed by atoms with Crippen molar-refractivity contribution in [2.45, 2.75) is 32.8 Å². The summed E-state index contributed by atoms with van der Waals surface area (Å²) in [5.41, 5.74) is 0.655. The van der Waals surface area contributed by atoms with Crippen LogP contribution in [0.3, 0.4) is 0 Å². The molecule has 1 fully saturated rings. The monoisotopic (exact) mass is 276 g/mol. The lowest BCUT2D eigenvalue weighted by molar-refractivity contribution is -0.896. The zero-order valence-electron chi connectivity index (χ0n) is 13.0. The zero-order chi connectivity index (χ0) is 14.8. The summed E-state index contributed by atoms with van der Waals surface area (Å²) in [4.78, 5) is 13.5. The standard InChI is InChI=1S/C17H25NO2/c1-5-16(19)20-17(15-9-7-6-8-10-15)13(2)11-18(4)12-14(17)3/h6-10,13-14H,5,11-12H2,1-4H3/p+1/t13-,14+,17?. The Morgan fingerprint density at radius 3 is 2.30 bits per heavy atom. The van der Waals surface area contributed by atoms with Crippen molar-refractivity contribution >= 4 is 5.97 Å². The maximum atomic E-state index is 12.0. The first kappa shape index (κ1) is 15.0.